The first kappa shape index (κ1) is 16.3. The minimum atomic E-state index is -0.389. The van der Waals surface area contributed by atoms with Gasteiger partial charge in [0.05, 0.1) is 10.7 Å². The van der Waals surface area contributed by atoms with Crippen molar-refractivity contribution < 1.29 is 9.59 Å². The lowest BCUT2D eigenvalue weighted by atomic mass is 10.2. The maximum Gasteiger partial charge on any atom is 0.307 e. The molecule has 2 amide bonds. The number of benzene rings is 1. The number of aromatic nitrogens is 1. The van der Waals surface area contributed by atoms with Crippen LogP contribution in [0.25, 0.3) is 0 Å². The Balaban J connectivity index is 2.18. The SMILES string of the molecule is CNC(=O)c1ccc(Cl)c(NC(=O)Cn2c(C)csc2=O)c1. The van der Waals surface area contributed by atoms with Gasteiger partial charge in [-0.2, -0.15) is 0 Å². The second-order valence-corrected chi connectivity index (χ2v) is 5.78. The summed E-state index contributed by atoms with van der Waals surface area (Å²) in [6.45, 7) is 1.65. The van der Waals surface area contributed by atoms with Gasteiger partial charge in [0.2, 0.25) is 5.91 Å². The van der Waals surface area contributed by atoms with Crippen LogP contribution >= 0.6 is 22.9 Å². The summed E-state index contributed by atoms with van der Waals surface area (Å²) in [6, 6.07) is 4.58. The van der Waals surface area contributed by atoms with Gasteiger partial charge in [0.25, 0.3) is 5.91 Å². The van der Waals surface area contributed by atoms with Gasteiger partial charge in [0.15, 0.2) is 0 Å². The third kappa shape index (κ3) is 3.55. The minimum absolute atomic E-state index is 0.102. The van der Waals surface area contributed by atoms with E-state index in [4.69, 9.17) is 11.6 Å². The number of nitrogens with zero attached hydrogens (tertiary/aromatic N) is 1. The average molecular weight is 340 g/mol. The zero-order valence-electron chi connectivity index (χ0n) is 12.0. The molecule has 116 valence electrons. The van der Waals surface area contributed by atoms with Crippen molar-refractivity contribution in [2.24, 2.45) is 0 Å². The number of nitrogens with one attached hydrogen (secondary N) is 2. The first-order chi connectivity index (χ1) is 10.4. The minimum Gasteiger partial charge on any atom is -0.355 e. The van der Waals surface area contributed by atoms with Gasteiger partial charge in [-0.3, -0.25) is 19.0 Å². The topological polar surface area (TPSA) is 80.2 Å². The third-order valence-electron chi connectivity index (χ3n) is 3.01. The zero-order chi connectivity index (χ0) is 16.3. The molecule has 1 heterocycles. The van der Waals surface area contributed by atoms with Crippen LogP contribution in [0.2, 0.25) is 5.02 Å². The van der Waals surface area contributed by atoms with Crippen LogP contribution in [0.4, 0.5) is 5.69 Å². The molecule has 0 aliphatic rings. The number of carbonyl (C=O) groups excluding carboxylic acids is 2. The number of carbonyl (C=O) groups is 2. The van der Waals surface area contributed by atoms with E-state index in [9.17, 15) is 14.4 Å². The summed E-state index contributed by atoms with van der Waals surface area (Å²) in [7, 11) is 1.51. The molecule has 0 fully saturated rings. The number of halogens is 1. The highest BCUT2D eigenvalue weighted by molar-refractivity contribution is 7.07. The van der Waals surface area contributed by atoms with E-state index in [-0.39, 0.29) is 23.2 Å². The van der Waals surface area contributed by atoms with E-state index in [0.29, 0.717) is 16.3 Å². The Hall–Kier alpha value is -2.12. The molecule has 22 heavy (non-hydrogen) atoms. The van der Waals surface area contributed by atoms with Gasteiger partial charge in [-0.15, -0.1) is 0 Å². The summed E-state index contributed by atoms with van der Waals surface area (Å²) in [4.78, 5) is 35.1. The number of amides is 2. The van der Waals surface area contributed by atoms with Gasteiger partial charge in [-0.1, -0.05) is 22.9 Å². The lowest BCUT2D eigenvalue weighted by Crippen LogP contribution is -2.25. The molecule has 6 nitrogen and oxygen atoms in total. The smallest absolute Gasteiger partial charge is 0.307 e. The van der Waals surface area contributed by atoms with Gasteiger partial charge in [0, 0.05) is 23.7 Å². The molecule has 0 unspecified atom stereocenters. The summed E-state index contributed by atoms with van der Waals surface area (Å²) < 4.78 is 1.37. The lowest BCUT2D eigenvalue weighted by Gasteiger charge is -2.10. The van der Waals surface area contributed by atoms with Gasteiger partial charge in [-0.05, 0) is 25.1 Å². The zero-order valence-corrected chi connectivity index (χ0v) is 13.5. The highest BCUT2D eigenvalue weighted by atomic mass is 35.5. The second-order valence-electron chi connectivity index (χ2n) is 4.55. The van der Waals surface area contributed by atoms with Crippen LogP contribution in [-0.2, 0) is 11.3 Å². The van der Waals surface area contributed by atoms with Crippen molar-refractivity contribution in [3.63, 3.8) is 0 Å². The van der Waals surface area contributed by atoms with E-state index in [1.54, 1.807) is 18.4 Å². The van der Waals surface area contributed by atoms with Crippen molar-refractivity contribution >= 4 is 40.4 Å². The molecule has 0 aliphatic carbocycles. The molecular weight excluding hydrogens is 326 g/mol. The molecule has 2 N–H and O–H groups in total. The van der Waals surface area contributed by atoms with E-state index < -0.39 is 0 Å². The molecule has 1 aromatic heterocycles. The largest absolute Gasteiger partial charge is 0.355 e. The summed E-state index contributed by atoms with van der Waals surface area (Å²) in [5.74, 6) is -0.670. The molecule has 0 aliphatic heterocycles. The summed E-state index contributed by atoms with van der Waals surface area (Å²) >= 11 is 7.06. The Kier molecular flexibility index (Phi) is 4.99. The van der Waals surface area contributed by atoms with E-state index in [1.165, 1.54) is 23.7 Å². The Morgan fingerprint density at radius 1 is 1.36 bits per heavy atom. The normalized spacial score (nSPS) is 10.3. The van der Waals surface area contributed by atoms with Crippen molar-refractivity contribution in [2.75, 3.05) is 12.4 Å². The number of hydrogen-bond donors (Lipinski definition) is 2. The molecule has 0 saturated heterocycles. The van der Waals surface area contributed by atoms with Crippen molar-refractivity contribution in [2.45, 2.75) is 13.5 Å². The highest BCUT2D eigenvalue weighted by Crippen LogP contribution is 2.23. The number of aryl methyl sites for hydroxylation is 1. The molecule has 2 rings (SSSR count). The Morgan fingerprint density at radius 3 is 2.68 bits per heavy atom. The Morgan fingerprint density at radius 2 is 2.09 bits per heavy atom. The van der Waals surface area contributed by atoms with Crippen molar-refractivity contribution in [3.05, 3.63) is 49.5 Å². The maximum atomic E-state index is 12.1. The second kappa shape index (κ2) is 6.76. The average Bonchev–Trinajstić information content (AvgIpc) is 2.80. The van der Waals surface area contributed by atoms with E-state index in [1.807, 2.05) is 0 Å². The predicted octanol–water partition coefficient (Wildman–Crippen LogP) is 1.87. The molecule has 0 spiro atoms. The molecule has 0 atom stereocenters. The van der Waals surface area contributed by atoms with Crippen LogP contribution in [0, 0.1) is 6.92 Å². The van der Waals surface area contributed by atoms with Crippen LogP contribution < -0.4 is 15.5 Å². The molecule has 0 saturated carbocycles. The van der Waals surface area contributed by atoms with E-state index >= 15 is 0 Å². The number of hydrogen-bond acceptors (Lipinski definition) is 4. The third-order valence-corrected chi connectivity index (χ3v) is 4.22. The first-order valence-electron chi connectivity index (χ1n) is 6.38. The molecular formula is C14H14ClN3O3S. The molecule has 8 heteroatoms. The fourth-order valence-corrected chi connectivity index (χ4v) is 2.74. The van der Waals surface area contributed by atoms with Gasteiger partial charge < -0.3 is 10.6 Å². The summed E-state index contributed by atoms with van der Waals surface area (Å²) in [5, 5.41) is 7.11. The lowest BCUT2D eigenvalue weighted by molar-refractivity contribution is -0.116. The van der Waals surface area contributed by atoms with Crippen LogP contribution in [0.3, 0.4) is 0 Å². The highest BCUT2D eigenvalue weighted by Gasteiger charge is 2.12. The van der Waals surface area contributed by atoms with Crippen LogP contribution in [0.15, 0.2) is 28.4 Å². The molecule has 2 aromatic rings. The maximum absolute atomic E-state index is 12.1. The van der Waals surface area contributed by atoms with Crippen LogP contribution in [0.5, 0.6) is 0 Å². The fraction of sp³-hybridized carbons (Fsp3) is 0.214. The van der Waals surface area contributed by atoms with Gasteiger partial charge in [-0.25, -0.2) is 0 Å². The summed E-state index contributed by atoms with van der Waals surface area (Å²) in [6.07, 6.45) is 0. The number of thiazole rings is 1. The standard InChI is InChI=1S/C14H14ClN3O3S/c1-8-7-22-14(21)18(8)6-12(19)17-11-5-9(13(20)16-2)3-4-10(11)15/h3-5,7H,6H2,1-2H3,(H,16,20)(H,17,19). The van der Waals surface area contributed by atoms with Gasteiger partial charge >= 0.3 is 4.87 Å². The van der Waals surface area contributed by atoms with Crippen molar-refractivity contribution in [1.29, 1.82) is 0 Å². The number of rotatable bonds is 4. The Bertz CT molecular complexity index is 782. The molecule has 0 radical (unpaired) electrons. The molecule has 0 bridgehead atoms. The van der Waals surface area contributed by atoms with E-state index in [2.05, 4.69) is 10.6 Å². The predicted molar refractivity (Wildman–Crippen MR) is 86.8 cm³/mol. The number of anilines is 1. The quantitative estimate of drug-likeness (QED) is 0.892. The first-order valence-corrected chi connectivity index (χ1v) is 7.64. The monoisotopic (exact) mass is 339 g/mol. The summed E-state index contributed by atoms with van der Waals surface area (Å²) in [5.41, 5.74) is 1.43. The molecule has 1 aromatic carbocycles. The van der Waals surface area contributed by atoms with Gasteiger partial charge in [0.1, 0.15) is 6.54 Å². The fourth-order valence-electron chi connectivity index (χ4n) is 1.84. The van der Waals surface area contributed by atoms with Crippen molar-refractivity contribution in [1.82, 2.24) is 9.88 Å². The van der Waals surface area contributed by atoms with E-state index in [0.717, 1.165) is 17.0 Å². The van der Waals surface area contributed by atoms with Crippen molar-refractivity contribution in [3.8, 4) is 0 Å². The van der Waals surface area contributed by atoms with Crippen LogP contribution in [0.1, 0.15) is 16.1 Å². The van der Waals surface area contributed by atoms with Crippen LogP contribution in [-0.4, -0.2) is 23.4 Å². The Labute approximate surface area is 135 Å².